The van der Waals surface area contributed by atoms with Crippen LogP contribution in [0, 0.1) is 6.92 Å². The molecule has 359 valence electrons. The fourth-order valence-corrected chi connectivity index (χ4v) is 10.8. The van der Waals surface area contributed by atoms with E-state index in [1.54, 1.807) is 0 Å². The van der Waals surface area contributed by atoms with Crippen molar-refractivity contribution in [3.8, 4) is 0 Å². The van der Waals surface area contributed by atoms with Gasteiger partial charge < -0.3 is 64.5 Å². The van der Waals surface area contributed by atoms with Crippen LogP contribution in [0.2, 0.25) is 0 Å². The highest BCUT2D eigenvalue weighted by Crippen LogP contribution is 2.47. The van der Waals surface area contributed by atoms with Gasteiger partial charge in [-0.1, -0.05) is 77.0 Å². The predicted octanol–water partition coefficient (Wildman–Crippen LogP) is 6.79. The minimum absolute atomic E-state index is 0.0143. The molecule has 13 heteroatoms. The maximum Gasteiger partial charge on any atom is 0.338 e. The molecule has 0 aliphatic heterocycles. The summed E-state index contributed by atoms with van der Waals surface area (Å²) in [6, 6.07) is 0. The van der Waals surface area contributed by atoms with Crippen molar-refractivity contribution in [1.29, 1.82) is 0 Å². The van der Waals surface area contributed by atoms with Crippen LogP contribution in [-0.2, 0) is 23.7 Å². The summed E-state index contributed by atoms with van der Waals surface area (Å²) in [7, 11) is 0. The number of aliphatic hydroxyl groups excluding tert-OH is 4. The molecule has 0 bridgehead atoms. The molecule has 4 aliphatic rings. The molecule has 1 radical (unpaired) electrons. The minimum Gasteiger partial charge on any atom is -0.396 e. The lowest BCUT2D eigenvalue weighted by Crippen LogP contribution is -2.65. The number of hydrogen-bond donors (Lipinski definition) is 8. The molecule has 0 aromatic rings. The van der Waals surface area contributed by atoms with E-state index in [1.807, 2.05) is 0 Å². The van der Waals surface area contributed by atoms with Gasteiger partial charge in [-0.15, -0.1) is 0 Å². The molecule has 0 amide bonds. The first-order valence-corrected chi connectivity index (χ1v) is 24.9. The molecule has 4 aliphatic carbocycles. The van der Waals surface area contributed by atoms with E-state index in [0.29, 0.717) is 128 Å². The third-order valence-electron chi connectivity index (χ3n) is 14.5. The standard InChI is InChI=1S/C48H89O13/c1-2-57-43(58-39(23-7-19-35-49)44(53)27-11-3-12-28-44)48(59-40(24-8-20-36-50)45(54)29-13-4-14-30-45,60-41(25-9-21-37-51)46(55)31-15-5-16-32-46)61-42(26-10-22-38-52)47(56)33-17-6-18-34-47/h39-43,49-56H,1-38H2. The quantitative estimate of drug-likeness (QED) is 0.0267. The Labute approximate surface area is 368 Å². The molecule has 4 saturated carbocycles. The van der Waals surface area contributed by atoms with Crippen molar-refractivity contribution in [3.05, 3.63) is 6.92 Å². The molecule has 0 aromatic carbocycles. The molecular formula is C48H89O13. The van der Waals surface area contributed by atoms with E-state index in [4.69, 9.17) is 23.7 Å². The molecule has 4 fully saturated rings. The summed E-state index contributed by atoms with van der Waals surface area (Å²) in [6.45, 7) is 3.85. The summed E-state index contributed by atoms with van der Waals surface area (Å²) in [5.74, 6) is -2.34. The first kappa shape index (κ1) is 53.1. The average Bonchev–Trinajstić information content (AvgIpc) is 3.25. The van der Waals surface area contributed by atoms with Gasteiger partial charge in [0.25, 0.3) is 0 Å². The highest BCUT2D eigenvalue weighted by atomic mass is 16.9. The second kappa shape index (κ2) is 27.2. The molecule has 0 aromatic heterocycles. The van der Waals surface area contributed by atoms with Crippen molar-refractivity contribution in [2.45, 2.75) is 265 Å². The Bertz CT molecular complexity index is 1030. The summed E-state index contributed by atoms with van der Waals surface area (Å²) in [6.07, 6.45) is 14.4. The SMILES string of the molecule is [CH2]COC(OC(CCCCO)C1(O)CCCCC1)C(OC(CCCCO)C1(O)CCCCC1)(OC(CCCCO)C1(O)CCCCC1)OC(CCCCO)C1(O)CCCCC1. The van der Waals surface area contributed by atoms with E-state index in [0.717, 1.165) is 77.0 Å². The van der Waals surface area contributed by atoms with Gasteiger partial charge in [-0.2, -0.15) is 0 Å². The van der Waals surface area contributed by atoms with Crippen molar-refractivity contribution in [1.82, 2.24) is 0 Å². The van der Waals surface area contributed by atoms with Crippen LogP contribution in [0.4, 0.5) is 0 Å². The first-order chi connectivity index (χ1) is 29.5. The third kappa shape index (κ3) is 15.8. The Balaban J connectivity index is 2.00. The van der Waals surface area contributed by atoms with Crippen molar-refractivity contribution in [2.24, 2.45) is 0 Å². The molecule has 0 spiro atoms. The summed E-state index contributed by atoms with van der Waals surface area (Å²) in [5, 5.41) is 90.1. The van der Waals surface area contributed by atoms with E-state index >= 15 is 0 Å². The molecule has 61 heavy (non-hydrogen) atoms. The van der Waals surface area contributed by atoms with Gasteiger partial charge in [0.1, 0.15) is 0 Å². The molecule has 5 atom stereocenters. The topological polar surface area (TPSA) is 208 Å². The van der Waals surface area contributed by atoms with Crippen LogP contribution in [0.5, 0.6) is 0 Å². The Morgan fingerprint density at radius 3 is 0.918 bits per heavy atom. The van der Waals surface area contributed by atoms with Gasteiger partial charge in [0.15, 0.2) is 0 Å². The average molecular weight is 874 g/mol. The fourth-order valence-electron chi connectivity index (χ4n) is 10.8. The van der Waals surface area contributed by atoms with Crippen LogP contribution in [0.1, 0.15) is 205 Å². The molecular weight excluding hydrogens is 785 g/mol. The highest BCUT2D eigenvalue weighted by molar-refractivity contribution is 4.98. The number of aliphatic hydroxyl groups is 8. The molecule has 8 N–H and O–H groups in total. The second-order valence-corrected chi connectivity index (χ2v) is 19.3. The highest BCUT2D eigenvalue weighted by Gasteiger charge is 2.59. The zero-order valence-electron chi connectivity index (χ0n) is 37.9. The van der Waals surface area contributed by atoms with Crippen molar-refractivity contribution < 1.29 is 64.5 Å². The van der Waals surface area contributed by atoms with E-state index in [-0.39, 0.29) is 33.0 Å². The van der Waals surface area contributed by atoms with Crippen LogP contribution in [0.3, 0.4) is 0 Å². The zero-order chi connectivity index (χ0) is 44.1. The van der Waals surface area contributed by atoms with Crippen molar-refractivity contribution in [2.75, 3.05) is 33.0 Å². The predicted molar refractivity (Wildman–Crippen MR) is 233 cm³/mol. The summed E-state index contributed by atoms with van der Waals surface area (Å²) >= 11 is 0. The Morgan fingerprint density at radius 1 is 0.393 bits per heavy atom. The van der Waals surface area contributed by atoms with E-state index in [1.165, 1.54) is 0 Å². The van der Waals surface area contributed by atoms with E-state index in [9.17, 15) is 40.9 Å². The van der Waals surface area contributed by atoms with Gasteiger partial charge in [-0.3, -0.25) is 0 Å². The number of ether oxygens (including phenoxy) is 5. The summed E-state index contributed by atoms with van der Waals surface area (Å²) in [5.41, 5.74) is -5.18. The van der Waals surface area contributed by atoms with Gasteiger partial charge in [0, 0.05) is 26.4 Å². The number of unbranched alkanes of at least 4 members (excludes halogenated alkanes) is 4. The van der Waals surface area contributed by atoms with Crippen molar-refractivity contribution in [3.63, 3.8) is 0 Å². The second-order valence-electron chi connectivity index (χ2n) is 19.3. The monoisotopic (exact) mass is 874 g/mol. The van der Waals surface area contributed by atoms with Gasteiger partial charge >= 0.3 is 5.97 Å². The lowest BCUT2D eigenvalue weighted by Gasteiger charge is -2.52. The van der Waals surface area contributed by atoms with Crippen LogP contribution in [0.15, 0.2) is 0 Å². The Morgan fingerprint density at radius 2 is 0.656 bits per heavy atom. The number of hydrogen-bond acceptors (Lipinski definition) is 13. The minimum atomic E-state index is -2.34. The van der Waals surface area contributed by atoms with Gasteiger partial charge in [0.05, 0.1) is 53.4 Å². The van der Waals surface area contributed by atoms with Crippen LogP contribution < -0.4 is 0 Å². The summed E-state index contributed by atoms with van der Waals surface area (Å²) in [4.78, 5) is 0. The first-order valence-electron chi connectivity index (χ1n) is 24.9. The smallest absolute Gasteiger partial charge is 0.338 e. The maximum atomic E-state index is 12.7. The van der Waals surface area contributed by atoms with E-state index < -0.39 is 59.1 Å². The van der Waals surface area contributed by atoms with Crippen LogP contribution >= 0.6 is 0 Å². The van der Waals surface area contributed by atoms with Crippen molar-refractivity contribution >= 4 is 0 Å². The molecule has 0 heterocycles. The van der Waals surface area contributed by atoms with E-state index in [2.05, 4.69) is 6.92 Å². The normalized spacial score (nSPS) is 24.9. The van der Waals surface area contributed by atoms with Gasteiger partial charge in [-0.25, -0.2) is 0 Å². The molecule has 0 saturated heterocycles. The van der Waals surface area contributed by atoms with Crippen LogP contribution in [0.25, 0.3) is 0 Å². The largest absolute Gasteiger partial charge is 0.396 e. The van der Waals surface area contributed by atoms with Gasteiger partial charge in [-0.05, 0) is 135 Å². The third-order valence-corrected chi connectivity index (χ3v) is 14.5. The van der Waals surface area contributed by atoms with Gasteiger partial charge in [0.2, 0.25) is 6.29 Å². The number of rotatable bonds is 31. The maximum absolute atomic E-state index is 12.7. The van der Waals surface area contributed by atoms with Crippen LogP contribution in [-0.4, -0.2) is 133 Å². The Kier molecular flexibility index (Phi) is 23.7. The lowest BCUT2D eigenvalue weighted by molar-refractivity contribution is -0.506. The zero-order valence-corrected chi connectivity index (χ0v) is 37.9. The molecule has 4 rings (SSSR count). The fraction of sp³-hybridized carbons (Fsp3) is 0.979. The summed E-state index contributed by atoms with van der Waals surface area (Å²) < 4.78 is 36.1. The molecule has 5 unspecified atom stereocenters. The molecule has 13 nitrogen and oxygen atoms in total. The Hall–Kier alpha value is -0.520. The lowest BCUT2D eigenvalue weighted by atomic mass is 9.78.